The van der Waals surface area contributed by atoms with E-state index < -0.39 is 17.9 Å². The third kappa shape index (κ3) is 2.86. The molecule has 0 aromatic heterocycles. The standard InChI is InChI=1S/C12H14F4N2/c13-9-1-3-18(4-2-9)11-6-8(12(14,15)16)5-10(17)7-11/h5-7,9H,1-4,17H2. The van der Waals surface area contributed by atoms with Gasteiger partial charge in [-0.1, -0.05) is 0 Å². The van der Waals surface area contributed by atoms with Gasteiger partial charge in [0.05, 0.1) is 5.56 Å². The van der Waals surface area contributed by atoms with Crippen molar-refractivity contribution in [2.45, 2.75) is 25.2 Å². The van der Waals surface area contributed by atoms with Crippen molar-refractivity contribution in [1.82, 2.24) is 0 Å². The van der Waals surface area contributed by atoms with Crippen molar-refractivity contribution in [2.24, 2.45) is 0 Å². The maximum Gasteiger partial charge on any atom is 0.416 e. The Kier molecular flexibility index (Phi) is 3.36. The van der Waals surface area contributed by atoms with Crippen molar-refractivity contribution < 1.29 is 17.6 Å². The Bertz CT molecular complexity index is 423. The minimum atomic E-state index is -4.41. The van der Waals surface area contributed by atoms with Gasteiger partial charge in [-0.15, -0.1) is 0 Å². The Balaban J connectivity index is 2.25. The summed E-state index contributed by atoms with van der Waals surface area (Å²) in [5, 5.41) is 0. The van der Waals surface area contributed by atoms with Gasteiger partial charge >= 0.3 is 6.18 Å². The molecule has 6 heteroatoms. The molecule has 1 aliphatic rings. The number of hydrogen-bond donors (Lipinski definition) is 1. The van der Waals surface area contributed by atoms with Crippen LogP contribution >= 0.6 is 0 Å². The highest BCUT2D eigenvalue weighted by molar-refractivity contribution is 5.59. The number of nitrogen functional groups attached to an aromatic ring is 1. The second-order valence-corrected chi connectivity index (χ2v) is 4.47. The van der Waals surface area contributed by atoms with Crippen molar-refractivity contribution in [2.75, 3.05) is 23.7 Å². The van der Waals surface area contributed by atoms with Crippen LogP contribution in [0.4, 0.5) is 28.9 Å². The van der Waals surface area contributed by atoms with Crippen LogP contribution in [0.5, 0.6) is 0 Å². The first-order chi connectivity index (χ1) is 8.36. The van der Waals surface area contributed by atoms with Crippen LogP contribution in [0.15, 0.2) is 18.2 Å². The quantitative estimate of drug-likeness (QED) is 0.622. The Morgan fingerprint density at radius 2 is 1.72 bits per heavy atom. The number of nitrogens with zero attached hydrogens (tertiary/aromatic N) is 1. The normalized spacial score (nSPS) is 18.1. The fourth-order valence-corrected chi connectivity index (χ4v) is 2.09. The van der Waals surface area contributed by atoms with E-state index in [1.54, 1.807) is 4.90 Å². The second kappa shape index (κ2) is 4.66. The van der Waals surface area contributed by atoms with Gasteiger partial charge in [0.15, 0.2) is 0 Å². The molecule has 100 valence electrons. The predicted octanol–water partition coefficient (Wildman–Crippen LogP) is 3.23. The summed E-state index contributed by atoms with van der Waals surface area (Å²) in [6.07, 6.45) is -4.58. The molecule has 1 aromatic rings. The highest BCUT2D eigenvalue weighted by Crippen LogP contribution is 2.34. The van der Waals surface area contributed by atoms with Gasteiger partial charge in [-0.2, -0.15) is 13.2 Å². The summed E-state index contributed by atoms with van der Waals surface area (Å²) >= 11 is 0. The number of benzene rings is 1. The monoisotopic (exact) mass is 262 g/mol. The molecule has 0 amide bonds. The van der Waals surface area contributed by atoms with Crippen LogP contribution in [0.1, 0.15) is 18.4 Å². The molecule has 0 spiro atoms. The number of piperidine rings is 1. The molecule has 0 saturated carbocycles. The van der Waals surface area contributed by atoms with Crippen molar-refractivity contribution in [3.05, 3.63) is 23.8 Å². The van der Waals surface area contributed by atoms with Crippen LogP contribution in [0.25, 0.3) is 0 Å². The van der Waals surface area contributed by atoms with E-state index in [9.17, 15) is 17.6 Å². The molecule has 1 fully saturated rings. The molecule has 18 heavy (non-hydrogen) atoms. The summed E-state index contributed by atoms with van der Waals surface area (Å²) in [5.41, 5.74) is 5.21. The van der Waals surface area contributed by atoms with Crippen LogP contribution in [0.3, 0.4) is 0 Å². The average Bonchev–Trinajstić information content (AvgIpc) is 2.28. The van der Waals surface area contributed by atoms with Crippen molar-refractivity contribution in [3.63, 3.8) is 0 Å². The molecule has 0 radical (unpaired) electrons. The maximum absolute atomic E-state index is 13.0. The molecule has 1 saturated heterocycles. The highest BCUT2D eigenvalue weighted by Gasteiger charge is 2.31. The third-order valence-electron chi connectivity index (χ3n) is 3.06. The topological polar surface area (TPSA) is 29.3 Å². The zero-order valence-electron chi connectivity index (χ0n) is 9.67. The zero-order valence-corrected chi connectivity index (χ0v) is 9.67. The minimum Gasteiger partial charge on any atom is -0.399 e. The summed E-state index contributed by atoms with van der Waals surface area (Å²) in [6.45, 7) is 0.837. The van der Waals surface area contributed by atoms with E-state index in [1.165, 1.54) is 6.07 Å². The predicted molar refractivity (Wildman–Crippen MR) is 62.2 cm³/mol. The lowest BCUT2D eigenvalue weighted by Crippen LogP contribution is -2.34. The van der Waals surface area contributed by atoms with Crippen LogP contribution in [-0.4, -0.2) is 19.3 Å². The molecular formula is C12H14F4N2. The molecule has 2 rings (SSSR count). The van der Waals surface area contributed by atoms with Crippen LogP contribution in [0.2, 0.25) is 0 Å². The Hall–Kier alpha value is -1.46. The molecule has 0 bridgehead atoms. The van der Waals surface area contributed by atoms with Gasteiger partial charge in [-0.3, -0.25) is 0 Å². The minimum absolute atomic E-state index is 0.0715. The third-order valence-corrected chi connectivity index (χ3v) is 3.06. The Morgan fingerprint density at radius 1 is 1.11 bits per heavy atom. The lowest BCUT2D eigenvalue weighted by Gasteiger charge is -2.31. The Labute approximate surface area is 102 Å². The van der Waals surface area contributed by atoms with Crippen LogP contribution in [0, 0.1) is 0 Å². The fraction of sp³-hybridized carbons (Fsp3) is 0.500. The highest BCUT2D eigenvalue weighted by atomic mass is 19.4. The SMILES string of the molecule is Nc1cc(N2CCC(F)CC2)cc(C(F)(F)F)c1. The van der Waals surface area contributed by atoms with Crippen molar-refractivity contribution >= 4 is 11.4 Å². The van der Waals surface area contributed by atoms with Gasteiger partial charge in [-0.25, -0.2) is 4.39 Å². The van der Waals surface area contributed by atoms with E-state index in [-0.39, 0.29) is 5.69 Å². The fourth-order valence-electron chi connectivity index (χ4n) is 2.09. The average molecular weight is 262 g/mol. The molecule has 0 unspecified atom stereocenters. The smallest absolute Gasteiger partial charge is 0.399 e. The van der Waals surface area contributed by atoms with Crippen LogP contribution < -0.4 is 10.6 Å². The van der Waals surface area contributed by atoms with E-state index in [0.29, 0.717) is 31.6 Å². The first-order valence-corrected chi connectivity index (χ1v) is 5.73. The lowest BCUT2D eigenvalue weighted by molar-refractivity contribution is -0.137. The zero-order chi connectivity index (χ0) is 13.3. The van der Waals surface area contributed by atoms with Crippen molar-refractivity contribution in [1.29, 1.82) is 0 Å². The molecule has 0 atom stereocenters. The summed E-state index contributed by atoms with van der Waals surface area (Å²) in [7, 11) is 0. The van der Waals surface area contributed by atoms with Gasteiger partial charge in [0.1, 0.15) is 6.17 Å². The summed E-state index contributed by atoms with van der Waals surface area (Å²) in [4.78, 5) is 1.74. The van der Waals surface area contributed by atoms with Crippen LogP contribution in [-0.2, 0) is 6.18 Å². The van der Waals surface area contributed by atoms with E-state index >= 15 is 0 Å². The van der Waals surface area contributed by atoms with E-state index in [2.05, 4.69) is 0 Å². The number of anilines is 2. The first kappa shape index (κ1) is 13.0. The Morgan fingerprint density at radius 3 is 2.28 bits per heavy atom. The number of alkyl halides is 4. The number of hydrogen-bond acceptors (Lipinski definition) is 2. The largest absolute Gasteiger partial charge is 0.416 e. The lowest BCUT2D eigenvalue weighted by atomic mass is 10.1. The number of halogens is 4. The van der Waals surface area contributed by atoms with E-state index in [1.807, 2.05) is 0 Å². The number of nitrogens with two attached hydrogens (primary N) is 1. The van der Waals surface area contributed by atoms with Gasteiger partial charge in [-0.05, 0) is 31.0 Å². The summed E-state index contributed by atoms with van der Waals surface area (Å²) < 4.78 is 50.9. The van der Waals surface area contributed by atoms with E-state index in [4.69, 9.17) is 5.73 Å². The second-order valence-electron chi connectivity index (χ2n) is 4.47. The first-order valence-electron chi connectivity index (χ1n) is 5.73. The maximum atomic E-state index is 13.0. The van der Waals surface area contributed by atoms with Gasteiger partial charge in [0.2, 0.25) is 0 Å². The summed E-state index contributed by atoms with van der Waals surface area (Å²) in [6, 6.07) is 3.47. The molecular weight excluding hydrogens is 248 g/mol. The molecule has 2 nitrogen and oxygen atoms in total. The molecule has 2 N–H and O–H groups in total. The number of rotatable bonds is 1. The van der Waals surface area contributed by atoms with Crippen molar-refractivity contribution in [3.8, 4) is 0 Å². The molecule has 0 aliphatic carbocycles. The summed E-state index contributed by atoms with van der Waals surface area (Å²) in [5.74, 6) is 0. The van der Waals surface area contributed by atoms with Gasteiger partial charge in [0, 0.05) is 24.5 Å². The molecule has 1 aromatic carbocycles. The molecule has 1 heterocycles. The van der Waals surface area contributed by atoms with Gasteiger partial charge < -0.3 is 10.6 Å². The van der Waals surface area contributed by atoms with Gasteiger partial charge in [0.25, 0.3) is 0 Å². The molecule has 1 aliphatic heterocycles. The van der Waals surface area contributed by atoms with E-state index in [0.717, 1.165) is 12.1 Å².